The van der Waals surface area contributed by atoms with Crippen LogP contribution in [0.4, 0.5) is 0 Å². The summed E-state index contributed by atoms with van der Waals surface area (Å²) in [6, 6.07) is 16.2. The van der Waals surface area contributed by atoms with E-state index < -0.39 is 0 Å². The SMILES string of the molecule is Cc1cc(C)n(-c2ccc(CCNC(=O)c3ccc4[nH]c(C)c(C)c4c3)cc2)n1. The van der Waals surface area contributed by atoms with Gasteiger partial charge in [-0.2, -0.15) is 5.10 Å². The van der Waals surface area contributed by atoms with Crippen LogP contribution in [0.1, 0.15) is 38.6 Å². The lowest BCUT2D eigenvalue weighted by Gasteiger charge is -2.08. The number of nitrogens with zero attached hydrogens (tertiary/aromatic N) is 2. The van der Waals surface area contributed by atoms with Crippen LogP contribution in [-0.2, 0) is 6.42 Å². The lowest BCUT2D eigenvalue weighted by molar-refractivity contribution is 0.0954. The Morgan fingerprint density at radius 3 is 2.48 bits per heavy atom. The number of nitrogens with one attached hydrogen (secondary N) is 2. The third-order valence-electron chi connectivity index (χ3n) is 5.46. The van der Waals surface area contributed by atoms with Gasteiger partial charge in [-0.25, -0.2) is 4.68 Å². The van der Waals surface area contributed by atoms with Crippen molar-refractivity contribution in [3.8, 4) is 5.69 Å². The molecule has 0 unspecified atom stereocenters. The van der Waals surface area contributed by atoms with Crippen molar-refractivity contribution in [1.29, 1.82) is 0 Å². The van der Waals surface area contributed by atoms with Crippen molar-refractivity contribution >= 4 is 16.8 Å². The molecule has 2 aromatic carbocycles. The zero-order valence-corrected chi connectivity index (χ0v) is 17.3. The van der Waals surface area contributed by atoms with Gasteiger partial charge in [0.1, 0.15) is 0 Å². The van der Waals surface area contributed by atoms with Crippen molar-refractivity contribution in [2.24, 2.45) is 0 Å². The van der Waals surface area contributed by atoms with E-state index in [1.54, 1.807) is 0 Å². The zero-order valence-electron chi connectivity index (χ0n) is 17.3. The molecular weight excluding hydrogens is 360 g/mol. The Balaban J connectivity index is 1.38. The normalized spacial score (nSPS) is 11.2. The van der Waals surface area contributed by atoms with Crippen molar-refractivity contribution < 1.29 is 4.79 Å². The first-order valence-corrected chi connectivity index (χ1v) is 9.92. The number of hydrogen-bond donors (Lipinski definition) is 2. The summed E-state index contributed by atoms with van der Waals surface area (Å²) in [6.45, 7) is 8.77. The van der Waals surface area contributed by atoms with Gasteiger partial charge < -0.3 is 10.3 Å². The number of carbonyl (C=O) groups is 1. The maximum Gasteiger partial charge on any atom is 0.251 e. The molecule has 4 rings (SSSR count). The molecular formula is C24H26N4O. The largest absolute Gasteiger partial charge is 0.358 e. The van der Waals surface area contributed by atoms with Crippen LogP contribution in [0, 0.1) is 27.7 Å². The molecule has 0 saturated heterocycles. The summed E-state index contributed by atoms with van der Waals surface area (Å²) >= 11 is 0. The van der Waals surface area contributed by atoms with Crippen molar-refractivity contribution in [3.63, 3.8) is 0 Å². The van der Waals surface area contributed by atoms with Gasteiger partial charge in [-0.3, -0.25) is 4.79 Å². The van der Waals surface area contributed by atoms with Crippen LogP contribution in [0.5, 0.6) is 0 Å². The molecule has 1 amide bonds. The number of aryl methyl sites for hydroxylation is 4. The summed E-state index contributed by atoms with van der Waals surface area (Å²) in [5.41, 5.74) is 8.46. The molecule has 0 radical (unpaired) electrons. The van der Waals surface area contributed by atoms with E-state index in [-0.39, 0.29) is 5.91 Å². The fourth-order valence-electron chi connectivity index (χ4n) is 3.72. The van der Waals surface area contributed by atoms with E-state index in [0.29, 0.717) is 12.1 Å². The first kappa shape index (κ1) is 19.0. The maximum atomic E-state index is 12.5. The average Bonchev–Trinajstić information content (AvgIpc) is 3.20. The van der Waals surface area contributed by atoms with Gasteiger partial charge in [0.15, 0.2) is 0 Å². The smallest absolute Gasteiger partial charge is 0.251 e. The summed E-state index contributed by atoms with van der Waals surface area (Å²) in [5, 5.41) is 8.65. The summed E-state index contributed by atoms with van der Waals surface area (Å²) in [7, 11) is 0. The fourth-order valence-corrected chi connectivity index (χ4v) is 3.72. The van der Waals surface area contributed by atoms with Crippen molar-refractivity contribution in [1.82, 2.24) is 20.1 Å². The molecule has 29 heavy (non-hydrogen) atoms. The molecule has 0 aliphatic rings. The lowest BCUT2D eigenvalue weighted by Crippen LogP contribution is -2.25. The minimum absolute atomic E-state index is 0.0376. The van der Waals surface area contributed by atoms with Crippen LogP contribution in [-0.4, -0.2) is 27.2 Å². The third kappa shape index (κ3) is 3.81. The highest BCUT2D eigenvalue weighted by Gasteiger charge is 2.10. The van der Waals surface area contributed by atoms with Gasteiger partial charge in [-0.05, 0) is 81.6 Å². The van der Waals surface area contributed by atoms with Gasteiger partial charge >= 0.3 is 0 Å². The van der Waals surface area contributed by atoms with E-state index in [0.717, 1.165) is 40.1 Å². The number of rotatable bonds is 5. The van der Waals surface area contributed by atoms with Crippen molar-refractivity contribution in [2.75, 3.05) is 6.54 Å². The van der Waals surface area contributed by atoms with Crippen LogP contribution in [0.15, 0.2) is 48.5 Å². The van der Waals surface area contributed by atoms with Gasteiger partial charge in [-0.15, -0.1) is 0 Å². The van der Waals surface area contributed by atoms with Gasteiger partial charge in [0.25, 0.3) is 5.91 Å². The van der Waals surface area contributed by atoms with E-state index >= 15 is 0 Å². The molecule has 0 fully saturated rings. The standard InChI is InChI=1S/C24H26N4O/c1-15-13-16(2)28(27-15)21-8-5-19(6-9-21)11-12-25-24(29)20-7-10-23-22(14-20)17(3)18(4)26-23/h5-10,13-14,26H,11-12H2,1-4H3,(H,25,29). The molecule has 0 spiro atoms. The number of benzene rings is 2. The highest BCUT2D eigenvalue weighted by Crippen LogP contribution is 2.22. The second-order valence-corrected chi connectivity index (χ2v) is 7.65. The van der Waals surface area contributed by atoms with Crippen LogP contribution >= 0.6 is 0 Å². The molecule has 5 heteroatoms. The van der Waals surface area contributed by atoms with E-state index in [1.807, 2.05) is 29.8 Å². The lowest BCUT2D eigenvalue weighted by atomic mass is 10.1. The summed E-state index contributed by atoms with van der Waals surface area (Å²) in [6.07, 6.45) is 0.785. The Morgan fingerprint density at radius 1 is 1.03 bits per heavy atom. The highest BCUT2D eigenvalue weighted by molar-refractivity contribution is 5.99. The second kappa shape index (κ2) is 7.59. The Hall–Kier alpha value is -3.34. The number of aromatic amines is 1. The highest BCUT2D eigenvalue weighted by atomic mass is 16.1. The molecule has 0 aliphatic heterocycles. The van der Waals surface area contributed by atoms with Crippen LogP contribution in [0.3, 0.4) is 0 Å². The van der Waals surface area contributed by atoms with E-state index in [9.17, 15) is 4.79 Å². The second-order valence-electron chi connectivity index (χ2n) is 7.65. The predicted octanol–water partition coefficient (Wildman–Crippen LogP) is 4.56. The fraction of sp³-hybridized carbons (Fsp3) is 0.250. The Morgan fingerprint density at radius 2 is 1.79 bits per heavy atom. The minimum atomic E-state index is -0.0376. The Labute approximate surface area is 170 Å². The van der Waals surface area contributed by atoms with Crippen LogP contribution < -0.4 is 5.32 Å². The van der Waals surface area contributed by atoms with Crippen LogP contribution in [0.2, 0.25) is 0 Å². The Kier molecular flexibility index (Phi) is 4.97. The predicted molar refractivity (Wildman–Crippen MR) is 117 cm³/mol. The number of hydrogen-bond acceptors (Lipinski definition) is 2. The van der Waals surface area contributed by atoms with Gasteiger partial charge in [-0.1, -0.05) is 12.1 Å². The number of H-pyrrole nitrogens is 1. The molecule has 0 atom stereocenters. The molecule has 148 valence electrons. The zero-order chi connectivity index (χ0) is 20.5. The minimum Gasteiger partial charge on any atom is -0.358 e. The molecule has 0 bridgehead atoms. The summed E-state index contributed by atoms with van der Waals surface area (Å²) in [5.74, 6) is -0.0376. The molecule has 2 heterocycles. The van der Waals surface area contributed by atoms with Gasteiger partial charge in [0.05, 0.1) is 11.4 Å². The van der Waals surface area contributed by atoms with Gasteiger partial charge in [0.2, 0.25) is 0 Å². The molecule has 2 N–H and O–H groups in total. The van der Waals surface area contributed by atoms with E-state index in [4.69, 9.17) is 0 Å². The summed E-state index contributed by atoms with van der Waals surface area (Å²) in [4.78, 5) is 15.9. The van der Waals surface area contributed by atoms with Crippen molar-refractivity contribution in [2.45, 2.75) is 34.1 Å². The number of fused-ring (bicyclic) bond motifs is 1. The quantitative estimate of drug-likeness (QED) is 0.528. The number of carbonyl (C=O) groups excluding carboxylic acids is 1. The molecule has 2 aromatic heterocycles. The molecule has 0 saturated carbocycles. The number of aromatic nitrogens is 3. The van der Waals surface area contributed by atoms with E-state index in [1.165, 1.54) is 11.1 Å². The summed E-state index contributed by atoms with van der Waals surface area (Å²) < 4.78 is 1.95. The monoisotopic (exact) mass is 386 g/mol. The molecule has 5 nitrogen and oxygen atoms in total. The number of amides is 1. The Bertz CT molecular complexity index is 1180. The first-order chi connectivity index (χ1) is 13.9. The average molecular weight is 386 g/mol. The van der Waals surface area contributed by atoms with Gasteiger partial charge in [0, 0.05) is 34.4 Å². The van der Waals surface area contributed by atoms with Crippen molar-refractivity contribution in [3.05, 3.63) is 82.3 Å². The molecule has 4 aromatic rings. The van der Waals surface area contributed by atoms with Crippen LogP contribution in [0.25, 0.3) is 16.6 Å². The maximum absolute atomic E-state index is 12.5. The topological polar surface area (TPSA) is 62.7 Å². The van der Waals surface area contributed by atoms with E-state index in [2.05, 4.69) is 66.5 Å². The first-order valence-electron chi connectivity index (χ1n) is 9.92. The third-order valence-corrected chi connectivity index (χ3v) is 5.46. The molecule has 0 aliphatic carbocycles.